The summed E-state index contributed by atoms with van der Waals surface area (Å²) >= 11 is 2.60. The van der Waals surface area contributed by atoms with Gasteiger partial charge in [0, 0.05) is 12.2 Å². The number of carbonyl (C=O) groups is 2. The molecule has 0 unspecified atom stereocenters. The smallest absolute Gasteiger partial charge is 0.321 e. The zero-order valence-electron chi connectivity index (χ0n) is 14.3. The Kier molecular flexibility index (Phi) is 7.20. The molecule has 0 radical (unpaired) electrons. The van der Waals surface area contributed by atoms with Gasteiger partial charge in [-0.1, -0.05) is 55.1 Å². The van der Waals surface area contributed by atoms with Crippen LogP contribution < -0.4 is 16.0 Å². The van der Waals surface area contributed by atoms with E-state index in [1.54, 1.807) is 0 Å². The Hall–Kier alpha value is -2.13. The average molecular weight is 380 g/mol. The van der Waals surface area contributed by atoms with Gasteiger partial charge in [0.1, 0.15) is 0 Å². The van der Waals surface area contributed by atoms with E-state index in [4.69, 9.17) is 0 Å². The van der Waals surface area contributed by atoms with Crippen molar-refractivity contribution in [3.05, 3.63) is 29.8 Å². The van der Waals surface area contributed by atoms with Gasteiger partial charge in [0.2, 0.25) is 11.0 Å². The van der Waals surface area contributed by atoms with Crippen molar-refractivity contribution < 1.29 is 9.59 Å². The molecule has 2 rings (SSSR count). The zero-order chi connectivity index (χ0) is 18.2. The third-order valence-electron chi connectivity index (χ3n) is 3.04. The van der Waals surface area contributed by atoms with Gasteiger partial charge in [-0.05, 0) is 24.5 Å². The summed E-state index contributed by atoms with van der Waals surface area (Å²) < 4.78 is 0.661. The van der Waals surface area contributed by atoms with E-state index in [-0.39, 0.29) is 11.7 Å². The number of nitrogens with one attached hydrogen (secondary N) is 3. The summed E-state index contributed by atoms with van der Waals surface area (Å²) in [7, 11) is 0. The summed E-state index contributed by atoms with van der Waals surface area (Å²) in [5.74, 6) is 0.0688. The molecule has 0 saturated carbocycles. The van der Waals surface area contributed by atoms with Crippen molar-refractivity contribution in [3.8, 4) is 0 Å². The van der Waals surface area contributed by atoms with Crippen molar-refractivity contribution in [1.82, 2.24) is 20.8 Å². The lowest BCUT2D eigenvalue weighted by Crippen LogP contribution is -2.41. The minimum absolute atomic E-state index is 0.105. The molecule has 0 saturated heterocycles. The number of hydrogen-bond acceptors (Lipinski definition) is 7. The van der Waals surface area contributed by atoms with Gasteiger partial charge in [0.05, 0.1) is 5.75 Å². The number of nitrogens with zero attached hydrogens (tertiary/aromatic N) is 2. The van der Waals surface area contributed by atoms with Gasteiger partial charge >= 0.3 is 6.03 Å². The van der Waals surface area contributed by atoms with Crippen LogP contribution in [0, 0.1) is 12.8 Å². The molecule has 1 aromatic heterocycles. The van der Waals surface area contributed by atoms with Crippen LogP contribution in [0.25, 0.3) is 0 Å². The van der Waals surface area contributed by atoms with Gasteiger partial charge in [0.15, 0.2) is 4.34 Å². The summed E-state index contributed by atoms with van der Waals surface area (Å²) in [6.45, 7) is 6.50. The molecule has 9 heteroatoms. The maximum Gasteiger partial charge on any atom is 0.321 e. The summed E-state index contributed by atoms with van der Waals surface area (Å²) in [6.07, 6.45) is 0. The van der Waals surface area contributed by atoms with Crippen molar-refractivity contribution in [2.24, 2.45) is 5.92 Å². The lowest BCUT2D eigenvalue weighted by atomic mass is 10.2. The highest BCUT2D eigenvalue weighted by Gasteiger charge is 2.11. The number of para-hydroxylation sites is 1. The molecular formula is C16H21N5O2S2. The third kappa shape index (κ3) is 6.71. The van der Waals surface area contributed by atoms with Crippen LogP contribution in [0.2, 0.25) is 0 Å². The largest absolute Gasteiger partial charge is 0.338 e. The Morgan fingerprint density at radius 2 is 2.00 bits per heavy atom. The molecule has 3 N–H and O–H groups in total. The van der Waals surface area contributed by atoms with E-state index in [2.05, 4.69) is 26.1 Å². The number of aryl methyl sites for hydroxylation is 1. The monoisotopic (exact) mass is 379 g/mol. The molecule has 134 valence electrons. The third-order valence-corrected chi connectivity index (χ3v) is 5.02. The fourth-order valence-electron chi connectivity index (χ4n) is 1.78. The number of aromatic nitrogens is 2. The summed E-state index contributed by atoms with van der Waals surface area (Å²) in [4.78, 5) is 23.3. The van der Waals surface area contributed by atoms with Gasteiger partial charge in [-0.15, -0.1) is 10.2 Å². The van der Waals surface area contributed by atoms with Gasteiger partial charge in [-0.25, -0.2) is 4.79 Å². The quantitative estimate of drug-likeness (QED) is 0.640. The van der Waals surface area contributed by atoms with Gasteiger partial charge in [0.25, 0.3) is 0 Å². The minimum Gasteiger partial charge on any atom is -0.338 e. The Morgan fingerprint density at radius 3 is 2.72 bits per heavy atom. The highest BCUT2D eigenvalue weighted by Crippen LogP contribution is 2.28. The van der Waals surface area contributed by atoms with Crippen LogP contribution >= 0.6 is 23.1 Å². The molecule has 0 aliphatic heterocycles. The zero-order valence-corrected chi connectivity index (χ0v) is 16.0. The molecule has 3 amide bonds. The number of imide groups is 1. The van der Waals surface area contributed by atoms with E-state index in [0.29, 0.717) is 21.9 Å². The van der Waals surface area contributed by atoms with Crippen molar-refractivity contribution in [3.63, 3.8) is 0 Å². The molecular weight excluding hydrogens is 358 g/mol. The summed E-state index contributed by atoms with van der Waals surface area (Å²) in [5, 5.41) is 16.9. The molecule has 0 atom stereocenters. The highest BCUT2D eigenvalue weighted by molar-refractivity contribution is 8.01. The molecule has 0 fully saturated rings. The molecule has 0 spiro atoms. The number of carbonyl (C=O) groups excluding carboxylic acids is 2. The maximum atomic E-state index is 11.8. The van der Waals surface area contributed by atoms with Crippen LogP contribution in [-0.2, 0) is 4.79 Å². The summed E-state index contributed by atoms with van der Waals surface area (Å²) in [5.41, 5.74) is 2.08. The first-order chi connectivity index (χ1) is 11.9. The predicted octanol–water partition coefficient (Wildman–Crippen LogP) is 3.16. The van der Waals surface area contributed by atoms with Crippen molar-refractivity contribution in [1.29, 1.82) is 0 Å². The van der Waals surface area contributed by atoms with E-state index >= 15 is 0 Å². The van der Waals surface area contributed by atoms with E-state index in [9.17, 15) is 9.59 Å². The van der Waals surface area contributed by atoms with E-state index in [1.807, 2.05) is 45.0 Å². The first kappa shape index (κ1) is 19.2. The van der Waals surface area contributed by atoms with Crippen molar-refractivity contribution in [2.45, 2.75) is 25.1 Å². The Balaban J connectivity index is 1.78. The van der Waals surface area contributed by atoms with Crippen LogP contribution in [0.5, 0.6) is 0 Å². The lowest BCUT2D eigenvalue weighted by molar-refractivity contribution is -0.117. The van der Waals surface area contributed by atoms with E-state index < -0.39 is 6.03 Å². The standard InChI is InChI=1S/C16H21N5O2S2/c1-10(2)8-17-14(23)19-13(22)9-24-16-21-20-15(25-16)18-12-7-5-4-6-11(12)3/h4-7,10H,8-9H2,1-3H3,(H,18,20)(H2,17,19,22,23). The molecule has 0 bridgehead atoms. The van der Waals surface area contributed by atoms with Gasteiger partial charge in [-0.2, -0.15) is 0 Å². The van der Waals surface area contributed by atoms with Crippen LogP contribution in [0.1, 0.15) is 19.4 Å². The molecule has 0 aliphatic rings. The van der Waals surface area contributed by atoms with E-state index in [1.165, 1.54) is 23.1 Å². The topological polar surface area (TPSA) is 96.0 Å². The van der Waals surface area contributed by atoms with Gasteiger partial charge in [-0.3, -0.25) is 10.1 Å². The second kappa shape index (κ2) is 9.38. The molecule has 25 heavy (non-hydrogen) atoms. The normalized spacial score (nSPS) is 10.6. The van der Waals surface area contributed by atoms with Gasteiger partial charge < -0.3 is 10.6 Å². The Labute approximate surface area is 155 Å². The SMILES string of the molecule is Cc1ccccc1Nc1nnc(SCC(=O)NC(=O)NCC(C)C)s1. The predicted molar refractivity (Wildman–Crippen MR) is 101 cm³/mol. The number of thioether (sulfide) groups is 1. The van der Waals surface area contributed by atoms with E-state index in [0.717, 1.165) is 11.3 Å². The second-order valence-electron chi connectivity index (χ2n) is 5.75. The number of rotatable bonds is 7. The Morgan fingerprint density at radius 1 is 1.24 bits per heavy atom. The molecule has 1 heterocycles. The molecule has 2 aromatic rings. The maximum absolute atomic E-state index is 11.8. The number of urea groups is 1. The van der Waals surface area contributed by atoms with Crippen LogP contribution in [-0.4, -0.2) is 34.4 Å². The number of anilines is 2. The van der Waals surface area contributed by atoms with Crippen LogP contribution in [0.4, 0.5) is 15.6 Å². The number of benzene rings is 1. The first-order valence-corrected chi connectivity index (χ1v) is 9.61. The van der Waals surface area contributed by atoms with Crippen LogP contribution in [0.3, 0.4) is 0 Å². The fraction of sp³-hybridized carbons (Fsp3) is 0.375. The molecule has 7 nitrogen and oxygen atoms in total. The Bertz CT molecular complexity index is 733. The highest BCUT2D eigenvalue weighted by atomic mass is 32.2. The lowest BCUT2D eigenvalue weighted by Gasteiger charge is -2.07. The first-order valence-electron chi connectivity index (χ1n) is 7.80. The fourth-order valence-corrected chi connectivity index (χ4v) is 3.34. The number of hydrogen-bond donors (Lipinski definition) is 3. The second-order valence-corrected chi connectivity index (χ2v) is 7.95. The molecule has 0 aliphatic carbocycles. The minimum atomic E-state index is -0.474. The molecule has 1 aromatic carbocycles. The van der Waals surface area contributed by atoms with Crippen molar-refractivity contribution >= 4 is 45.9 Å². The van der Waals surface area contributed by atoms with Crippen molar-refractivity contribution in [2.75, 3.05) is 17.6 Å². The van der Waals surface area contributed by atoms with Crippen LogP contribution in [0.15, 0.2) is 28.6 Å². The summed E-state index contributed by atoms with van der Waals surface area (Å²) in [6, 6.07) is 7.41. The average Bonchev–Trinajstić information content (AvgIpc) is 3.01. The number of amides is 3.